The molecule has 5 heteroatoms. The average Bonchev–Trinajstić information content (AvgIpc) is 2.47. The molecular weight excluding hydrogens is 226 g/mol. The van der Waals surface area contributed by atoms with Crippen LogP contribution in [0.3, 0.4) is 0 Å². The van der Waals surface area contributed by atoms with Gasteiger partial charge in [-0.1, -0.05) is 20.8 Å². The molecule has 0 saturated carbocycles. The van der Waals surface area contributed by atoms with Crippen LogP contribution in [-0.4, -0.2) is 27.5 Å². The van der Waals surface area contributed by atoms with Crippen molar-refractivity contribution >= 4 is 11.6 Å². The zero-order chi connectivity index (χ0) is 12.6. The first-order chi connectivity index (χ1) is 7.17. The van der Waals surface area contributed by atoms with E-state index in [2.05, 4.69) is 31.0 Å². The molecule has 0 aromatic carbocycles. The fourth-order valence-electron chi connectivity index (χ4n) is 1.42. The summed E-state index contributed by atoms with van der Waals surface area (Å²) in [6.07, 6.45) is 0. The highest BCUT2D eigenvalue weighted by Crippen LogP contribution is 2.25. The van der Waals surface area contributed by atoms with Gasteiger partial charge in [0.2, 0.25) is 5.28 Å². The fraction of sp³-hybridized carbons (Fsp3) is 0.818. The van der Waals surface area contributed by atoms with Crippen LogP contribution in [0.1, 0.15) is 40.4 Å². The van der Waals surface area contributed by atoms with E-state index in [4.69, 9.17) is 16.3 Å². The molecule has 0 unspecified atom stereocenters. The molecule has 0 spiro atoms. The summed E-state index contributed by atoms with van der Waals surface area (Å²) >= 11 is 6.05. The second-order valence-electron chi connectivity index (χ2n) is 5.59. The van der Waals surface area contributed by atoms with E-state index in [0.717, 1.165) is 5.82 Å². The molecule has 0 bridgehead atoms. The van der Waals surface area contributed by atoms with Crippen LogP contribution in [0.5, 0.6) is 0 Å². The molecule has 0 aliphatic carbocycles. The van der Waals surface area contributed by atoms with Crippen molar-refractivity contribution in [2.24, 2.45) is 0 Å². The van der Waals surface area contributed by atoms with Gasteiger partial charge in [0.25, 0.3) is 0 Å². The van der Waals surface area contributed by atoms with E-state index in [9.17, 15) is 0 Å². The first-order valence-corrected chi connectivity index (χ1v) is 5.69. The Hall–Kier alpha value is -0.610. The summed E-state index contributed by atoms with van der Waals surface area (Å²) in [6.45, 7) is 10.9. The highest BCUT2D eigenvalue weighted by atomic mass is 35.5. The Morgan fingerprint density at radius 2 is 1.75 bits per heavy atom. The molecule has 0 aliphatic rings. The van der Waals surface area contributed by atoms with E-state index in [1.807, 2.05) is 18.4 Å². The van der Waals surface area contributed by atoms with Crippen molar-refractivity contribution in [2.75, 3.05) is 7.11 Å². The monoisotopic (exact) mass is 245 g/mol. The number of rotatable bonds is 3. The number of hydrogen-bond donors (Lipinski definition) is 0. The van der Waals surface area contributed by atoms with E-state index in [1.54, 1.807) is 7.11 Å². The minimum Gasteiger partial charge on any atom is -0.377 e. The third-order valence-electron chi connectivity index (χ3n) is 2.47. The Bertz CT molecular complexity index is 366. The molecule has 0 radical (unpaired) electrons. The lowest BCUT2D eigenvalue weighted by Crippen LogP contribution is -2.32. The molecule has 4 nitrogen and oxygen atoms in total. The summed E-state index contributed by atoms with van der Waals surface area (Å²) in [6, 6.07) is 0. The fourth-order valence-corrected chi connectivity index (χ4v) is 1.60. The maximum absolute atomic E-state index is 6.05. The first kappa shape index (κ1) is 13.5. The first-order valence-electron chi connectivity index (χ1n) is 5.32. The normalized spacial score (nSPS) is 13.2. The van der Waals surface area contributed by atoms with Gasteiger partial charge in [-0.15, -0.1) is 10.2 Å². The molecule has 0 saturated heterocycles. The number of aromatic nitrogens is 3. The van der Waals surface area contributed by atoms with Crippen LogP contribution >= 0.6 is 11.6 Å². The van der Waals surface area contributed by atoms with Crippen LogP contribution in [0.2, 0.25) is 5.28 Å². The summed E-state index contributed by atoms with van der Waals surface area (Å²) in [4.78, 5) is 0. The van der Waals surface area contributed by atoms with E-state index in [-0.39, 0.29) is 11.0 Å². The van der Waals surface area contributed by atoms with Crippen LogP contribution in [0.25, 0.3) is 0 Å². The van der Waals surface area contributed by atoms with Crippen molar-refractivity contribution in [3.8, 4) is 0 Å². The van der Waals surface area contributed by atoms with Gasteiger partial charge < -0.3 is 4.74 Å². The predicted octanol–water partition coefficient (Wildman–Crippen LogP) is 2.65. The quantitative estimate of drug-likeness (QED) is 0.822. The van der Waals surface area contributed by atoms with Gasteiger partial charge in [0, 0.05) is 12.5 Å². The van der Waals surface area contributed by atoms with E-state index in [1.165, 1.54) is 0 Å². The maximum atomic E-state index is 6.05. The van der Waals surface area contributed by atoms with Crippen molar-refractivity contribution in [1.82, 2.24) is 14.8 Å². The summed E-state index contributed by atoms with van der Waals surface area (Å²) in [5.74, 6) is 0.877. The van der Waals surface area contributed by atoms with Gasteiger partial charge in [0.05, 0.1) is 12.1 Å². The maximum Gasteiger partial charge on any atom is 0.225 e. The molecule has 1 heterocycles. The van der Waals surface area contributed by atoms with Gasteiger partial charge >= 0.3 is 0 Å². The van der Waals surface area contributed by atoms with Crippen molar-refractivity contribution in [3.05, 3.63) is 11.1 Å². The van der Waals surface area contributed by atoms with Crippen molar-refractivity contribution in [3.63, 3.8) is 0 Å². The van der Waals surface area contributed by atoms with Gasteiger partial charge in [-0.3, -0.25) is 4.57 Å². The van der Waals surface area contributed by atoms with Gasteiger partial charge in [0.15, 0.2) is 0 Å². The number of halogens is 1. The highest BCUT2D eigenvalue weighted by Gasteiger charge is 2.27. The van der Waals surface area contributed by atoms with Gasteiger partial charge in [-0.2, -0.15) is 0 Å². The molecule has 92 valence electrons. The molecule has 0 atom stereocenters. The summed E-state index contributed by atoms with van der Waals surface area (Å²) in [5, 5.41) is 8.47. The average molecular weight is 246 g/mol. The summed E-state index contributed by atoms with van der Waals surface area (Å²) in [5.41, 5.74) is -0.365. The molecule has 1 rings (SSSR count). The lowest BCUT2D eigenvalue weighted by molar-refractivity contribution is 0.00703. The van der Waals surface area contributed by atoms with Gasteiger partial charge in [-0.05, 0) is 25.4 Å². The van der Waals surface area contributed by atoms with Gasteiger partial charge in [0.1, 0.15) is 5.82 Å². The van der Waals surface area contributed by atoms with E-state index < -0.39 is 0 Å². The van der Waals surface area contributed by atoms with Crippen LogP contribution in [-0.2, 0) is 16.7 Å². The Kier molecular flexibility index (Phi) is 3.65. The van der Waals surface area contributed by atoms with Crippen LogP contribution in [0.15, 0.2) is 0 Å². The zero-order valence-corrected chi connectivity index (χ0v) is 11.6. The van der Waals surface area contributed by atoms with Crippen LogP contribution < -0.4 is 0 Å². The lowest BCUT2D eigenvalue weighted by Gasteiger charge is -2.27. The highest BCUT2D eigenvalue weighted by molar-refractivity contribution is 6.28. The SMILES string of the molecule is COC(C)(C)Cn1c(Cl)nnc1C(C)(C)C. The number of hydrogen-bond acceptors (Lipinski definition) is 3. The van der Waals surface area contributed by atoms with E-state index in [0.29, 0.717) is 11.8 Å². The topological polar surface area (TPSA) is 39.9 Å². The standard InChI is InChI=1S/C11H20ClN3O/c1-10(2,3)8-13-14-9(12)15(8)7-11(4,5)16-6/h7H2,1-6H3. The Labute approximate surface area is 102 Å². The minimum absolute atomic E-state index is 0.0794. The molecule has 0 amide bonds. The third-order valence-corrected chi connectivity index (χ3v) is 2.75. The number of nitrogens with zero attached hydrogens (tertiary/aromatic N) is 3. The van der Waals surface area contributed by atoms with Crippen LogP contribution in [0, 0.1) is 0 Å². The second-order valence-corrected chi connectivity index (χ2v) is 5.93. The zero-order valence-electron chi connectivity index (χ0n) is 10.8. The molecule has 1 aromatic heterocycles. The second kappa shape index (κ2) is 4.34. The Balaban J connectivity index is 3.09. The third kappa shape index (κ3) is 2.95. The smallest absolute Gasteiger partial charge is 0.225 e. The number of methoxy groups -OCH3 is 1. The minimum atomic E-state index is -0.286. The molecule has 0 aliphatic heterocycles. The number of ether oxygens (including phenoxy) is 1. The molecular formula is C11H20ClN3O. The summed E-state index contributed by atoms with van der Waals surface area (Å²) in [7, 11) is 1.69. The largest absolute Gasteiger partial charge is 0.377 e. The van der Waals surface area contributed by atoms with Crippen molar-refractivity contribution in [2.45, 2.75) is 52.2 Å². The molecule has 1 aromatic rings. The van der Waals surface area contributed by atoms with Gasteiger partial charge in [-0.25, -0.2) is 0 Å². The van der Waals surface area contributed by atoms with Crippen LogP contribution in [0.4, 0.5) is 0 Å². The van der Waals surface area contributed by atoms with E-state index >= 15 is 0 Å². The molecule has 16 heavy (non-hydrogen) atoms. The molecule has 0 N–H and O–H groups in total. The molecule has 0 fully saturated rings. The lowest BCUT2D eigenvalue weighted by atomic mass is 9.95. The van der Waals surface area contributed by atoms with Crippen molar-refractivity contribution < 1.29 is 4.74 Å². The predicted molar refractivity (Wildman–Crippen MR) is 64.8 cm³/mol. The summed E-state index contributed by atoms with van der Waals surface area (Å²) < 4.78 is 7.31. The Morgan fingerprint density at radius 1 is 1.19 bits per heavy atom. The van der Waals surface area contributed by atoms with Crippen molar-refractivity contribution in [1.29, 1.82) is 0 Å². The Morgan fingerprint density at radius 3 is 2.19 bits per heavy atom.